The highest BCUT2D eigenvalue weighted by atomic mass is 19.1. The smallest absolute Gasteiger partial charge is 0.341 e. The molecule has 0 radical (unpaired) electrons. The second kappa shape index (κ2) is 3.78. The van der Waals surface area contributed by atoms with Gasteiger partial charge in [0, 0.05) is 0 Å². The SMILES string of the molecule is Fc1ccc(Oc2nccnn2)cc1. The Morgan fingerprint density at radius 3 is 2.50 bits per heavy atom. The van der Waals surface area contributed by atoms with Gasteiger partial charge in [-0.05, 0) is 24.3 Å². The molecule has 0 saturated carbocycles. The molecule has 14 heavy (non-hydrogen) atoms. The quantitative estimate of drug-likeness (QED) is 0.726. The van der Waals surface area contributed by atoms with Gasteiger partial charge >= 0.3 is 6.01 Å². The molecule has 0 atom stereocenters. The summed E-state index contributed by atoms with van der Waals surface area (Å²) in [4.78, 5) is 3.81. The molecule has 0 N–H and O–H groups in total. The van der Waals surface area contributed by atoms with Gasteiger partial charge in [0.1, 0.15) is 11.6 Å². The van der Waals surface area contributed by atoms with Crippen LogP contribution < -0.4 is 4.74 Å². The maximum absolute atomic E-state index is 12.5. The van der Waals surface area contributed by atoms with Crippen LogP contribution in [0.5, 0.6) is 11.8 Å². The fourth-order valence-corrected chi connectivity index (χ4v) is 0.890. The van der Waals surface area contributed by atoms with E-state index in [-0.39, 0.29) is 11.8 Å². The van der Waals surface area contributed by atoms with E-state index in [4.69, 9.17) is 4.74 Å². The van der Waals surface area contributed by atoms with E-state index >= 15 is 0 Å². The van der Waals surface area contributed by atoms with Crippen molar-refractivity contribution in [2.75, 3.05) is 0 Å². The van der Waals surface area contributed by atoms with Gasteiger partial charge in [-0.1, -0.05) is 5.10 Å². The summed E-state index contributed by atoms with van der Waals surface area (Å²) in [5.41, 5.74) is 0. The molecule has 0 bridgehead atoms. The largest absolute Gasteiger partial charge is 0.423 e. The fraction of sp³-hybridized carbons (Fsp3) is 0. The van der Waals surface area contributed by atoms with E-state index < -0.39 is 0 Å². The highest BCUT2D eigenvalue weighted by Crippen LogP contribution is 2.16. The van der Waals surface area contributed by atoms with Crippen LogP contribution in [0.25, 0.3) is 0 Å². The van der Waals surface area contributed by atoms with Crippen molar-refractivity contribution in [3.8, 4) is 11.8 Å². The highest BCUT2D eigenvalue weighted by Gasteiger charge is 1.98. The topological polar surface area (TPSA) is 47.9 Å². The molecule has 0 spiro atoms. The minimum absolute atomic E-state index is 0.138. The molecule has 1 heterocycles. The number of halogens is 1. The Bertz CT molecular complexity index is 404. The second-order valence-corrected chi connectivity index (χ2v) is 2.48. The second-order valence-electron chi connectivity index (χ2n) is 2.48. The summed E-state index contributed by atoms with van der Waals surface area (Å²) in [5, 5.41) is 7.21. The molecule has 0 aliphatic heterocycles. The van der Waals surface area contributed by atoms with Crippen molar-refractivity contribution in [2.24, 2.45) is 0 Å². The van der Waals surface area contributed by atoms with Crippen LogP contribution in [-0.4, -0.2) is 15.2 Å². The minimum Gasteiger partial charge on any atom is -0.423 e. The molecule has 0 aliphatic rings. The molecule has 4 nitrogen and oxygen atoms in total. The molecular formula is C9H6FN3O. The van der Waals surface area contributed by atoms with Gasteiger partial charge in [-0.25, -0.2) is 9.37 Å². The summed E-state index contributed by atoms with van der Waals surface area (Å²) in [5.74, 6) is 0.156. The first kappa shape index (κ1) is 8.55. The maximum Gasteiger partial charge on any atom is 0.341 e. The lowest BCUT2D eigenvalue weighted by atomic mass is 10.3. The van der Waals surface area contributed by atoms with Crippen molar-refractivity contribution in [2.45, 2.75) is 0 Å². The van der Waals surface area contributed by atoms with Crippen LogP contribution >= 0.6 is 0 Å². The van der Waals surface area contributed by atoms with E-state index in [1.54, 1.807) is 0 Å². The highest BCUT2D eigenvalue weighted by molar-refractivity contribution is 5.24. The number of hydrogen-bond donors (Lipinski definition) is 0. The maximum atomic E-state index is 12.5. The Labute approximate surface area is 79.4 Å². The summed E-state index contributed by atoms with van der Waals surface area (Å²) in [6.07, 6.45) is 2.91. The molecule has 2 aromatic rings. The fourth-order valence-electron chi connectivity index (χ4n) is 0.890. The zero-order valence-corrected chi connectivity index (χ0v) is 7.09. The molecule has 2 rings (SSSR count). The summed E-state index contributed by atoms with van der Waals surface area (Å²) in [6, 6.07) is 5.72. The lowest BCUT2D eigenvalue weighted by molar-refractivity contribution is 0.432. The van der Waals surface area contributed by atoms with Crippen molar-refractivity contribution < 1.29 is 9.13 Å². The van der Waals surface area contributed by atoms with E-state index in [9.17, 15) is 4.39 Å². The number of ether oxygens (including phenoxy) is 1. The van der Waals surface area contributed by atoms with E-state index in [1.807, 2.05) is 0 Å². The Morgan fingerprint density at radius 1 is 1.07 bits per heavy atom. The van der Waals surface area contributed by atoms with Gasteiger partial charge in [-0.3, -0.25) is 0 Å². The van der Waals surface area contributed by atoms with Crippen molar-refractivity contribution in [3.63, 3.8) is 0 Å². The van der Waals surface area contributed by atoms with Crippen molar-refractivity contribution in [3.05, 3.63) is 42.5 Å². The molecule has 70 valence electrons. The number of benzene rings is 1. The third kappa shape index (κ3) is 2.01. The van der Waals surface area contributed by atoms with Crippen LogP contribution in [-0.2, 0) is 0 Å². The van der Waals surface area contributed by atoms with E-state index in [0.29, 0.717) is 5.75 Å². The summed E-state index contributed by atoms with van der Waals surface area (Å²) >= 11 is 0. The molecule has 1 aromatic heterocycles. The van der Waals surface area contributed by atoms with Crippen LogP contribution in [0.3, 0.4) is 0 Å². The van der Waals surface area contributed by atoms with Gasteiger partial charge in [0.25, 0.3) is 0 Å². The number of hydrogen-bond acceptors (Lipinski definition) is 4. The third-order valence-corrected chi connectivity index (χ3v) is 1.48. The summed E-state index contributed by atoms with van der Waals surface area (Å²) < 4.78 is 17.7. The lowest BCUT2D eigenvalue weighted by Gasteiger charge is -2.00. The Balaban J connectivity index is 2.16. The third-order valence-electron chi connectivity index (χ3n) is 1.48. The summed E-state index contributed by atoms with van der Waals surface area (Å²) in [7, 11) is 0. The van der Waals surface area contributed by atoms with Gasteiger partial charge in [-0.15, -0.1) is 0 Å². The first-order valence-electron chi connectivity index (χ1n) is 3.92. The van der Waals surface area contributed by atoms with Crippen molar-refractivity contribution in [1.82, 2.24) is 15.2 Å². The first-order valence-corrected chi connectivity index (χ1v) is 3.92. The summed E-state index contributed by atoms with van der Waals surface area (Å²) in [6.45, 7) is 0. The monoisotopic (exact) mass is 191 g/mol. The minimum atomic E-state index is -0.315. The standard InChI is InChI=1S/C9H6FN3O/c10-7-1-3-8(4-2-7)14-9-11-5-6-12-13-9/h1-6H. The van der Waals surface area contributed by atoms with Gasteiger partial charge < -0.3 is 4.74 Å². The van der Waals surface area contributed by atoms with Crippen molar-refractivity contribution >= 4 is 0 Å². The Morgan fingerprint density at radius 2 is 1.86 bits per heavy atom. The van der Waals surface area contributed by atoms with E-state index in [2.05, 4.69) is 15.2 Å². The Hall–Kier alpha value is -2.04. The molecule has 0 fully saturated rings. The van der Waals surface area contributed by atoms with Crippen molar-refractivity contribution in [1.29, 1.82) is 0 Å². The van der Waals surface area contributed by atoms with Gasteiger partial charge in [-0.2, -0.15) is 5.10 Å². The average molecular weight is 191 g/mol. The van der Waals surface area contributed by atoms with Gasteiger partial charge in [0.15, 0.2) is 0 Å². The predicted molar refractivity (Wildman–Crippen MR) is 46.3 cm³/mol. The van der Waals surface area contributed by atoms with Crippen LogP contribution in [0.2, 0.25) is 0 Å². The molecule has 1 aromatic carbocycles. The van der Waals surface area contributed by atoms with Crippen LogP contribution in [0.1, 0.15) is 0 Å². The molecule has 0 amide bonds. The van der Waals surface area contributed by atoms with Crippen LogP contribution in [0.4, 0.5) is 4.39 Å². The zero-order chi connectivity index (χ0) is 9.80. The predicted octanol–water partition coefficient (Wildman–Crippen LogP) is 1.80. The molecule has 0 saturated heterocycles. The van der Waals surface area contributed by atoms with Gasteiger partial charge in [0.2, 0.25) is 0 Å². The zero-order valence-electron chi connectivity index (χ0n) is 7.09. The molecule has 5 heteroatoms. The number of nitrogens with zero attached hydrogens (tertiary/aromatic N) is 3. The van der Waals surface area contributed by atoms with Crippen LogP contribution in [0, 0.1) is 5.82 Å². The van der Waals surface area contributed by atoms with E-state index in [0.717, 1.165) is 0 Å². The molecular weight excluding hydrogens is 185 g/mol. The molecule has 0 unspecified atom stereocenters. The number of rotatable bonds is 2. The normalized spacial score (nSPS) is 9.79. The Kier molecular flexibility index (Phi) is 2.31. The average Bonchev–Trinajstić information content (AvgIpc) is 2.23. The van der Waals surface area contributed by atoms with E-state index in [1.165, 1.54) is 36.7 Å². The van der Waals surface area contributed by atoms with Crippen LogP contribution in [0.15, 0.2) is 36.7 Å². The lowest BCUT2D eigenvalue weighted by Crippen LogP contribution is -1.92. The molecule has 0 aliphatic carbocycles. The number of aromatic nitrogens is 3. The van der Waals surface area contributed by atoms with Gasteiger partial charge in [0.05, 0.1) is 12.4 Å². The first-order chi connectivity index (χ1) is 6.84.